The van der Waals surface area contributed by atoms with E-state index >= 15 is 4.79 Å². The van der Waals surface area contributed by atoms with E-state index in [-0.39, 0.29) is 5.91 Å². The predicted octanol–water partition coefficient (Wildman–Crippen LogP) is 11.2. The fourth-order valence-corrected chi connectivity index (χ4v) is 7.25. The highest BCUT2D eigenvalue weighted by atomic mass is 16.2. The highest BCUT2D eigenvalue weighted by Crippen LogP contribution is 2.41. The highest BCUT2D eigenvalue weighted by molar-refractivity contribution is 6.17. The third-order valence-electron chi connectivity index (χ3n) is 9.63. The third kappa shape index (κ3) is 5.19. The van der Waals surface area contributed by atoms with Crippen molar-refractivity contribution >= 4 is 39.7 Å². The number of hydrogen-bond acceptors (Lipinski definition) is 2. The van der Waals surface area contributed by atoms with E-state index in [4.69, 9.17) is 0 Å². The summed E-state index contributed by atoms with van der Waals surface area (Å²) in [5.74, 6) is -0.272. The lowest BCUT2D eigenvalue weighted by Gasteiger charge is -2.26. The molecule has 1 heterocycles. The summed E-state index contributed by atoms with van der Waals surface area (Å²) in [4.78, 5) is 29.6. The normalized spacial score (nSPS) is 11.2. The molecule has 0 aliphatic rings. The van der Waals surface area contributed by atoms with Crippen LogP contribution in [0.15, 0.2) is 164 Å². The van der Waals surface area contributed by atoms with Gasteiger partial charge in [-0.15, -0.1) is 0 Å². The summed E-state index contributed by atoms with van der Waals surface area (Å²) in [7, 11) is 1.81. The first-order valence-electron chi connectivity index (χ1n) is 16.7. The van der Waals surface area contributed by atoms with Crippen molar-refractivity contribution in [2.24, 2.45) is 0 Å². The van der Waals surface area contributed by atoms with Crippen LogP contribution in [-0.4, -0.2) is 23.8 Å². The van der Waals surface area contributed by atoms with Crippen molar-refractivity contribution < 1.29 is 9.59 Å². The number of hydrogen-bond donors (Lipinski definition) is 0. The van der Waals surface area contributed by atoms with E-state index in [0.717, 1.165) is 61.6 Å². The van der Waals surface area contributed by atoms with E-state index in [1.807, 2.05) is 85.9 Å². The van der Waals surface area contributed by atoms with Crippen LogP contribution in [0.4, 0.5) is 5.69 Å². The Labute approximate surface area is 291 Å². The first kappa shape index (κ1) is 30.8. The number of carbonyl (C=O) groups is 2. The lowest BCUT2D eigenvalue weighted by molar-refractivity contribution is 0.0986. The minimum absolute atomic E-state index is 0.272. The number of benzene rings is 7. The van der Waals surface area contributed by atoms with Gasteiger partial charge in [0, 0.05) is 34.5 Å². The molecule has 0 saturated heterocycles. The molecule has 4 heteroatoms. The van der Waals surface area contributed by atoms with Crippen LogP contribution < -0.4 is 4.90 Å². The van der Waals surface area contributed by atoms with Crippen LogP contribution in [0.2, 0.25) is 0 Å². The molecule has 0 unspecified atom stereocenters. The molecule has 0 spiro atoms. The molecule has 0 radical (unpaired) electrons. The molecule has 0 N–H and O–H groups in total. The minimum Gasteiger partial charge on any atom is -0.310 e. The summed E-state index contributed by atoms with van der Waals surface area (Å²) in [5, 5.41) is 2.15. The molecular formula is C46H34N2O2. The standard InChI is InChI=1S/C46H34N2O2/c1-31-15-9-10-21-36(31)34-27-28-42-40(29-34)39-22-11-12-25-41(39)48(42)43-26-13-20-35(30-49)44(43)46(50)47(2)45-37(32-16-5-3-6-17-32)23-14-24-38(45)33-18-7-4-8-19-33/h3-30H,1-2H3. The smallest absolute Gasteiger partial charge is 0.260 e. The van der Waals surface area contributed by atoms with E-state index in [0.29, 0.717) is 16.8 Å². The molecule has 0 aliphatic heterocycles. The van der Waals surface area contributed by atoms with Crippen LogP contribution in [0.25, 0.3) is 60.9 Å². The molecule has 0 aliphatic carbocycles. The van der Waals surface area contributed by atoms with Crippen LogP contribution in [0.1, 0.15) is 26.3 Å². The van der Waals surface area contributed by atoms with Gasteiger partial charge in [0.15, 0.2) is 6.29 Å². The Morgan fingerprint density at radius 2 is 1.14 bits per heavy atom. The van der Waals surface area contributed by atoms with Crippen LogP contribution in [0, 0.1) is 6.92 Å². The van der Waals surface area contributed by atoms with Crippen LogP contribution >= 0.6 is 0 Å². The van der Waals surface area contributed by atoms with Gasteiger partial charge in [0.2, 0.25) is 0 Å². The lowest BCUT2D eigenvalue weighted by Crippen LogP contribution is -2.29. The van der Waals surface area contributed by atoms with E-state index in [2.05, 4.69) is 90.4 Å². The molecule has 0 bridgehead atoms. The number of para-hydroxylation sites is 2. The van der Waals surface area contributed by atoms with Gasteiger partial charge in [-0.2, -0.15) is 0 Å². The average Bonchev–Trinajstić information content (AvgIpc) is 3.51. The molecular weight excluding hydrogens is 613 g/mol. The summed E-state index contributed by atoms with van der Waals surface area (Å²) in [5.41, 5.74) is 11.4. The zero-order valence-electron chi connectivity index (χ0n) is 27.9. The van der Waals surface area contributed by atoms with Crippen molar-refractivity contribution in [3.63, 3.8) is 0 Å². The van der Waals surface area contributed by atoms with Crippen molar-refractivity contribution in [2.45, 2.75) is 6.92 Å². The number of aldehydes is 1. The van der Waals surface area contributed by atoms with E-state index in [1.165, 1.54) is 11.1 Å². The Hall–Kier alpha value is -6.52. The molecule has 0 fully saturated rings. The molecule has 4 nitrogen and oxygen atoms in total. The van der Waals surface area contributed by atoms with E-state index < -0.39 is 0 Å². The van der Waals surface area contributed by atoms with Crippen molar-refractivity contribution in [3.05, 3.63) is 180 Å². The number of amides is 1. The number of aryl methyl sites for hydroxylation is 1. The summed E-state index contributed by atoms with van der Waals surface area (Å²) < 4.78 is 2.13. The van der Waals surface area contributed by atoms with Gasteiger partial charge < -0.3 is 9.47 Å². The van der Waals surface area contributed by atoms with Gasteiger partial charge in [-0.25, -0.2) is 0 Å². The Morgan fingerprint density at radius 3 is 1.82 bits per heavy atom. The SMILES string of the molecule is Cc1ccccc1-c1ccc2c(c1)c1ccccc1n2-c1cccc(C=O)c1C(=O)N(C)c1c(-c2ccccc2)cccc1-c1ccccc1. The highest BCUT2D eigenvalue weighted by Gasteiger charge is 2.27. The van der Waals surface area contributed by atoms with E-state index in [1.54, 1.807) is 11.0 Å². The predicted molar refractivity (Wildman–Crippen MR) is 206 cm³/mol. The quantitative estimate of drug-likeness (QED) is 0.162. The monoisotopic (exact) mass is 646 g/mol. The van der Waals surface area contributed by atoms with Gasteiger partial charge in [-0.1, -0.05) is 140 Å². The van der Waals surface area contributed by atoms with Crippen LogP contribution in [-0.2, 0) is 0 Å². The molecule has 1 aromatic heterocycles. The lowest BCUT2D eigenvalue weighted by atomic mass is 9.94. The fraction of sp³-hybridized carbons (Fsp3) is 0.0435. The fourth-order valence-electron chi connectivity index (χ4n) is 7.25. The minimum atomic E-state index is -0.272. The molecule has 1 amide bonds. The zero-order chi connectivity index (χ0) is 34.2. The first-order valence-corrected chi connectivity index (χ1v) is 16.7. The number of carbonyl (C=O) groups excluding carboxylic acids is 2. The number of aromatic nitrogens is 1. The van der Waals surface area contributed by atoms with Gasteiger partial charge in [0.05, 0.1) is 28.0 Å². The van der Waals surface area contributed by atoms with Gasteiger partial charge in [0.1, 0.15) is 0 Å². The maximum absolute atomic E-state index is 15.1. The molecule has 8 aromatic rings. The first-order chi connectivity index (χ1) is 24.5. The maximum Gasteiger partial charge on any atom is 0.260 e. The third-order valence-corrected chi connectivity index (χ3v) is 9.63. The van der Waals surface area contributed by atoms with Crippen molar-refractivity contribution in [1.82, 2.24) is 4.57 Å². The second-order valence-electron chi connectivity index (χ2n) is 12.6. The van der Waals surface area contributed by atoms with Crippen LogP contribution in [0.5, 0.6) is 0 Å². The van der Waals surface area contributed by atoms with Crippen molar-refractivity contribution in [2.75, 3.05) is 11.9 Å². The van der Waals surface area contributed by atoms with Gasteiger partial charge in [-0.3, -0.25) is 9.59 Å². The Kier molecular flexibility index (Phi) is 7.90. The molecule has 240 valence electrons. The Balaban J connectivity index is 1.35. The second-order valence-corrected chi connectivity index (χ2v) is 12.6. The zero-order valence-corrected chi connectivity index (χ0v) is 27.9. The van der Waals surface area contributed by atoms with Crippen molar-refractivity contribution in [1.29, 1.82) is 0 Å². The number of fused-ring (bicyclic) bond motifs is 3. The molecule has 0 atom stereocenters. The number of nitrogens with zero attached hydrogens (tertiary/aromatic N) is 2. The van der Waals surface area contributed by atoms with Gasteiger partial charge >= 0.3 is 0 Å². The molecule has 50 heavy (non-hydrogen) atoms. The summed E-state index contributed by atoms with van der Waals surface area (Å²) in [6.45, 7) is 2.13. The van der Waals surface area contributed by atoms with Gasteiger partial charge in [0.25, 0.3) is 5.91 Å². The average molecular weight is 647 g/mol. The Bertz CT molecular complexity index is 2490. The summed E-state index contributed by atoms with van der Waals surface area (Å²) in [6.07, 6.45) is 0.788. The van der Waals surface area contributed by atoms with Gasteiger partial charge in [-0.05, 0) is 59.0 Å². The van der Waals surface area contributed by atoms with Crippen LogP contribution in [0.3, 0.4) is 0 Å². The van der Waals surface area contributed by atoms with Crippen molar-refractivity contribution in [3.8, 4) is 39.1 Å². The number of rotatable bonds is 7. The number of anilines is 1. The molecule has 7 aromatic carbocycles. The van der Waals surface area contributed by atoms with E-state index in [9.17, 15) is 4.79 Å². The molecule has 8 rings (SSSR count). The summed E-state index contributed by atoms with van der Waals surface area (Å²) in [6, 6.07) is 55.0. The largest absolute Gasteiger partial charge is 0.310 e. The molecule has 0 saturated carbocycles. The second kappa shape index (κ2) is 12.8. The maximum atomic E-state index is 15.1. The topological polar surface area (TPSA) is 42.3 Å². The summed E-state index contributed by atoms with van der Waals surface area (Å²) >= 11 is 0. The Morgan fingerprint density at radius 1 is 0.560 bits per heavy atom.